The molecule has 0 spiro atoms. The van der Waals surface area contributed by atoms with Gasteiger partial charge in [-0.3, -0.25) is 0 Å². The minimum absolute atomic E-state index is 0.285. The molecule has 4 nitrogen and oxygen atoms in total. The second-order valence-corrected chi connectivity index (χ2v) is 3.29. The van der Waals surface area contributed by atoms with Crippen LogP contribution in [-0.4, -0.2) is 18.1 Å². The van der Waals surface area contributed by atoms with E-state index in [0.717, 1.165) is 0 Å². The maximum atomic E-state index is 11.7. The number of rotatable bonds is 3. The number of methoxy groups -OCH3 is 1. The van der Waals surface area contributed by atoms with Gasteiger partial charge in [0.25, 0.3) is 0 Å². The summed E-state index contributed by atoms with van der Waals surface area (Å²) in [6, 6.07) is 11.8. The van der Waals surface area contributed by atoms with E-state index in [9.17, 15) is 4.79 Å². The molecule has 0 fully saturated rings. The second kappa shape index (κ2) is 5.12. The van der Waals surface area contributed by atoms with E-state index in [1.54, 1.807) is 55.8 Å². The van der Waals surface area contributed by atoms with Gasteiger partial charge in [-0.15, -0.1) is 0 Å². The second-order valence-electron chi connectivity index (χ2n) is 3.29. The van der Waals surface area contributed by atoms with E-state index in [2.05, 4.69) is 4.98 Å². The number of pyridine rings is 1. The van der Waals surface area contributed by atoms with Gasteiger partial charge in [-0.1, -0.05) is 6.07 Å². The van der Waals surface area contributed by atoms with Gasteiger partial charge in [0.2, 0.25) is 5.88 Å². The van der Waals surface area contributed by atoms with E-state index >= 15 is 0 Å². The molecule has 0 saturated heterocycles. The molecule has 0 saturated carbocycles. The number of benzene rings is 1. The molecule has 0 aliphatic heterocycles. The highest BCUT2D eigenvalue weighted by atomic mass is 16.5. The number of esters is 1. The van der Waals surface area contributed by atoms with E-state index in [-0.39, 0.29) is 5.88 Å². The zero-order valence-electron chi connectivity index (χ0n) is 9.29. The van der Waals surface area contributed by atoms with E-state index in [4.69, 9.17) is 9.47 Å². The van der Waals surface area contributed by atoms with Crippen LogP contribution in [0.3, 0.4) is 0 Å². The quantitative estimate of drug-likeness (QED) is 0.758. The van der Waals surface area contributed by atoms with Crippen molar-refractivity contribution in [2.45, 2.75) is 0 Å². The lowest BCUT2D eigenvalue weighted by Gasteiger charge is -2.03. The van der Waals surface area contributed by atoms with Crippen molar-refractivity contribution in [2.24, 2.45) is 0 Å². The molecule has 17 heavy (non-hydrogen) atoms. The fourth-order valence-electron chi connectivity index (χ4n) is 1.29. The number of nitrogens with zero attached hydrogens (tertiary/aromatic N) is 1. The first-order valence-corrected chi connectivity index (χ1v) is 5.07. The van der Waals surface area contributed by atoms with Crippen LogP contribution in [0, 0.1) is 0 Å². The molecule has 0 atom stereocenters. The van der Waals surface area contributed by atoms with Crippen LogP contribution in [0.4, 0.5) is 0 Å². The minimum Gasteiger partial charge on any atom is -0.497 e. The van der Waals surface area contributed by atoms with Crippen LogP contribution in [0.2, 0.25) is 0 Å². The zero-order valence-corrected chi connectivity index (χ0v) is 9.29. The lowest BCUT2D eigenvalue weighted by atomic mass is 10.2. The Labute approximate surface area is 98.8 Å². The summed E-state index contributed by atoms with van der Waals surface area (Å²) >= 11 is 0. The van der Waals surface area contributed by atoms with Crippen molar-refractivity contribution in [2.75, 3.05) is 7.11 Å². The lowest BCUT2D eigenvalue weighted by Crippen LogP contribution is -2.09. The van der Waals surface area contributed by atoms with Gasteiger partial charge in [-0.2, -0.15) is 0 Å². The fourth-order valence-corrected chi connectivity index (χ4v) is 1.29. The molecule has 1 aromatic heterocycles. The van der Waals surface area contributed by atoms with Gasteiger partial charge in [0, 0.05) is 12.3 Å². The maximum Gasteiger partial charge on any atom is 0.344 e. The third kappa shape index (κ3) is 2.81. The highest BCUT2D eigenvalue weighted by Crippen LogP contribution is 2.13. The standard InChI is InChI=1S/C13H11NO3/c1-16-11-7-5-10(6-8-11)13(15)17-12-4-2-3-9-14-12/h2-9H,1H3. The summed E-state index contributed by atoms with van der Waals surface area (Å²) in [6.45, 7) is 0. The molecular formula is C13H11NO3. The first kappa shape index (κ1) is 11.1. The fraction of sp³-hybridized carbons (Fsp3) is 0.0769. The van der Waals surface area contributed by atoms with Crippen molar-refractivity contribution in [1.82, 2.24) is 4.98 Å². The Kier molecular flexibility index (Phi) is 3.35. The summed E-state index contributed by atoms with van der Waals surface area (Å²) < 4.78 is 10.1. The van der Waals surface area contributed by atoms with Crippen molar-refractivity contribution >= 4 is 5.97 Å². The first-order chi connectivity index (χ1) is 8.29. The summed E-state index contributed by atoms with van der Waals surface area (Å²) in [6.07, 6.45) is 1.57. The minimum atomic E-state index is -0.439. The molecule has 0 N–H and O–H groups in total. The van der Waals surface area contributed by atoms with Gasteiger partial charge in [0.1, 0.15) is 5.75 Å². The molecule has 2 aromatic rings. The third-order valence-electron chi connectivity index (χ3n) is 2.16. The van der Waals surface area contributed by atoms with Crippen LogP contribution in [0.1, 0.15) is 10.4 Å². The average Bonchev–Trinajstić information content (AvgIpc) is 2.40. The van der Waals surface area contributed by atoms with Crippen LogP contribution in [0.15, 0.2) is 48.7 Å². The molecule has 0 amide bonds. The predicted octanol–water partition coefficient (Wildman–Crippen LogP) is 2.31. The lowest BCUT2D eigenvalue weighted by molar-refractivity contribution is 0.0727. The highest BCUT2D eigenvalue weighted by molar-refractivity contribution is 5.90. The molecular weight excluding hydrogens is 218 g/mol. The number of aromatic nitrogens is 1. The Morgan fingerprint density at radius 1 is 1.12 bits per heavy atom. The van der Waals surface area contributed by atoms with Gasteiger partial charge < -0.3 is 9.47 Å². The van der Waals surface area contributed by atoms with Gasteiger partial charge in [-0.05, 0) is 30.3 Å². The summed E-state index contributed by atoms with van der Waals surface area (Å²) in [5, 5.41) is 0. The number of hydrogen-bond acceptors (Lipinski definition) is 4. The van der Waals surface area contributed by atoms with E-state index in [1.165, 1.54) is 0 Å². The van der Waals surface area contributed by atoms with Crippen molar-refractivity contribution in [3.05, 3.63) is 54.2 Å². The summed E-state index contributed by atoms with van der Waals surface area (Å²) in [5.41, 5.74) is 0.455. The normalized spacial score (nSPS) is 9.71. The molecule has 86 valence electrons. The maximum absolute atomic E-state index is 11.7. The topological polar surface area (TPSA) is 48.4 Å². The monoisotopic (exact) mass is 229 g/mol. The van der Waals surface area contributed by atoms with Gasteiger partial charge in [-0.25, -0.2) is 9.78 Å². The Morgan fingerprint density at radius 2 is 1.88 bits per heavy atom. The van der Waals surface area contributed by atoms with Crippen molar-refractivity contribution < 1.29 is 14.3 Å². The molecule has 0 aliphatic carbocycles. The van der Waals surface area contributed by atoms with Crippen LogP contribution in [0.25, 0.3) is 0 Å². The number of hydrogen-bond donors (Lipinski definition) is 0. The zero-order chi connectivity index (χ0) is 12.1. The largest absolute Gasteiger partial charge is 0.497 e. The summed E-state index contributed by atoms with van der Waals surface area (Å²) in [7, 11) is 1.57. The SMILES string of the molecule is COc1ccc(C(=O)Oc2ccccn2)cc1. The summed E-state index contributed by atoms with van der Waals surface area (Å²) in [5.74, 6) is 0.541. The van der Waals surface area contributed by atoms with Crippen LogP contribution < -0.4 is 9.47 Å². The van der Waals surface area contributed by atoms with Gasteiger partial charge >= 0.3 is 5.97 Å². The smallest absolute Gasteiger partial charge is 0.344 e. The van der Waals surface area contributed by atoms with E-state index in [1.807, 2.05) is 0 Å². The average molecular weight is 229 g/mol. The number of ether oxygens (including phenoxy) is 2. The van der Waals surface area contributed by atoms with Crippen molar-refractivity contribution in [3.63, 3.8) is 0 Å². The Bertz CT molecular complexity index is 494. The molecule has 1 aromatic carbocycles. The molecule has 1 heterocycles. The van der Waals surface area contributed by atoms with Gasteiger partial charge in [0.15, 0.2) is 0 Å². The van der Waals surface area contributed by atoms with Crippen molar-refractivity contribution in [3.8, 4) is 11.6 Å². The Morgan fingerprint density at radius 3 is 2.47 bits per heavy atom. The van der Waals surface area contributed by atoms with E-state index < -0.39 is 5.97 Å². The molecule has 4 heteroatoms. The molecule has 0 unspecified atom stereocenters. The molecule has 0 bridgehead atoms. The highest BCUT2D eigenvalue weighted by Gasteiger charge is 2.08. The molecule has 2 rings (SSSR count). The van der Waals surface area contributed by atoms with Gasteiger partial charge in [0.05, 0.1) is 12.7 Å². The molecule has 0 radical (unpaired) electrons. The Hall–Kier alpha value is -2.36. The third-order valence-corrected chi connectivity index (χ3v) is 2.16. The van der Waals surface area contributed by atoms with Crippen LogP contribution >= 0.6 is 0 Å². The van der Waals surface area contributed by atoms with E-state index in [0.29, 0.717) is 11.3 Å². The van der Waals surface area contributed by atoms with Crippen LogP contribution in [-0.2, 0) is 0 Å². The number of carbonyl (C=O) groups excluding carboxylic acids is 1. The Balaban J connectivity index is 2.09. The van der Waals surface area contributed by atoms with Crippen LogP contribution in [0.5, 0.6) is 11.6 Å². The predicted molar refractivity (Wildman–Crippen MR) is 62.2 cm³/mol. The first-order valence-electron chi connectivity index (χ1n) is 5.07. The summed E-state index contributed by atoms with van der Waals surface area (Å²) in [4.78, 5) is 15.6. The molecule has 0 aliphatic rings. The number of carbonyl (C=O) groups is 1. The van der Waals surface area contributed by atoms with Crippen molar-refractivity contribution in [1.29, 1.82) is 0 Å².